The Hall–Kier alpha value is -1.64. The molecule has 0 atom stereocenters. The SMILES string of the molecule is CC(C(=O)Nc1sc(C)c(C)c1C#N)=C1CNC1. The predicted molar refractivity (Wildman–Crippen MR) is 72.7 cm³/mol. The molecule has 1 saturated heterocycles. The van der Waals surface area contributed by atoms with E-state index in [4.69, 9.17) is 5.26 Å². The van der Waals surface area contributed by atoms with Crippen LogP contribution in [0.15, 0.2) is 11.1 Å². The molecule has 1 aromatic rings. The van der Waals surface area contributed by atoms with Gasteiger partial charge in [0.1, 0.15) is 11.1 Å². The molecule has 1 fully saturated rings. The summed E-state index contributed by atoms with van der Waals surface area (Å²) in [6, 6.07) is 2.15. The van der Waals surface area contributed by atoms with Crippen LogP contribution in [0.4, 0.5) is 5.00 Å². The van der Waals surface area contributed by atoms with E-state index in [1.165, 1.54) is 11.3 Å². The van der Waals surface area contributed by atoms with Crippen molar-refractivity contribution in [3.8, 4) is 6.07 Å². The summed E-state index contributed by atoms with van der Waals surface area (Å²) in [6.07, 6.45) is 0. The Morgan fingerprint density at radius 3 is 2.61 bits per heavy atom. The molecule has 1 aromatic heterocycles. The summed E-state index contributed by atoms with van der Waals surface area (Å²) in [5, 5.41) is 15.7. The molecule has 5 heteroatoms. The monoisotopic (exact) mass is 261 g/mol. The Balaban J connectivity index is 2.22. The van der Waals surface area contributed by atoms with Crippen molar-refractivity contribution >= 4 is 22.2 Å². The second-order valence-electron chi connectivity index (χ2n) is 4.39. The van der Waals surface area contributed by atoms with Crippen LogP contribution in [-0.2, 0) is 4.79 Å². The number of rotatable bonds is 2. The molecule has 0 bridgehead atoms. The summed E-state index contributed by atoms with van der Waals surface area (Å²) in [6.45, 7) is 7.25. The maximum absolute atomic E-state index is 12.0. The Morgan fingerprint density at radius 1 is 1.44 bits per heavy atom. The third kappa shape index (κ3) is 2.17. The molecular weight excluding hydrogens is 246 g/mol. The first-order valence-electron chi connectivity index (χ1n) is 5.75. The Kier molecular flexibility index (Phi) is 3.50. The fourth-order valence-corrected chi connectivity index (χ4v) is 2.73. The highest BCUT2D eigenvalue weighted by Gasteiger charge is 2.19. The molecule has 4 nitrogen and oxygen atoms in total. The topological polar surface area (TPSA) is 64.9 Å². The average Bonchev–Trinajstić information content (AvgIpc) is 2.51. The van der Waals surface area contributed by atoms with Gasteiger partial charge in [0.25, 0.3) is 5.91 Å². The van der Waals surface area contributed by atoms with Gasteiger partial charge in [-0.3, -0.25) is 4.79 Å². The van der Waals surface area contributed by atoms with E-state index < -0.39 is 0 Å². The highest BCUT2D eigenvalue weighted by atomic mass is 32.1. The summed E-state index contributed by atoms with van der Waals surface area (Å²) in [7, 11) is 0. The molecule has 2 N–H and O–H groups in total. The van der Waals surface area contributed by atoms with Gasteiger partial charge in [0.05, 0.1) is 5.56 Å². The number of nitrogens with zero attached hydrogens (tertiary/aromatic N) is 1. The van der Waals surface area contributed by atoms with Crippen molar-refractivity contribution in [1.29, 1.82) is 5.26 Å². The first-order chi connectivity index (χ1) is 8.54. The minimum absolute atomic E-state index is 0.107. The summed E-state index contributed by atoms with van der Waals surface area (Å²) in [5.74, 6) is -0.107. The van der Waals surface area contributed by atoms with Crippen molar-refractivity contribution in [2.45, 2.75) is 20.8 Å². The van der Waals surface area contributed by atoms with Crippen LogP contribution < -0.4 is 10.6 Å². The molecule has 0 radical (unpaired) electrons. The van der Waals surface area contributed by atoms with E-state index in [0.29, 0.717) is 10.6 Å². The van der Waals surface area contributed by atoms with Gasteiger partial charge < -0.3 is 10.6 Å². The standard InChI is InChI=1S/C13H15N3OS/c1-7-9(3)18-13(11(7)4-14)16-12(17)8(2)10-5-15-6-10/h15H,5-6H2,1-3H3,(H,16,17). The van der Waals surface area contributed by atoms with E-state index in [1.54, 1.807) is 0 Å². The van der Waals surface area contributed by atoms with Gasteiger partial charge >= 0.3 is 0 Å². The summed E-state index contributed by atoms with van der Waals surface area (Å²) >= 11 is 1.46. The first kappa shape index (κ1) is 12.8. The highest BCUT2D eigenvalue weighted by Crippen LogP contribution is 2.32. The molecule has 94 valence electrons. The van der Waals surface area contributed by atoms with E-state index in [9.17, 15) is 4.79 Å². The van der Waals surface area contributed by atoms with Gasteiger partial charge in [0.15, 0.2) is 0 Å². The molecule has 1 amide bonds. The van der Waals surface area contributed by atoms with Crippen molar-refractivity contribution in [2.24, 2.45) is 0 Å². The van der Waals surface area contributed by atoms with Gasteiger partial charge in [-0.1, -0.05) is 0 Å². The second-order valence-corrected chi connectivity index (χ2v) is 5.61. The predicted octanol–water partition coefficient (Wildman–Crippen LogP) is 2.09. The lowest BCUT2D eigenvalue weighted by Crippen LogP contribution is -2.36. The van der Waals surface area contributed by atoms with Crippen molar-refractivity contribution in [1.82, 2.24) is 5.32 Å². The lowest BCUT2D eigenvalue weighted by Gasteiger charge is -2.21. The van der Waals surface area contributed by atoms with Gasteiger partial charge in [-0.15, -0.1) is 11.3 Å². The highest BCUT2D eigenvalue weighted by molar-refractivity contribution is 7.16. The van der Waals surface area contributed by atoms with Crippen LogP contribution in [0, 0.1) is 25.2 Å². The number of thiophene rings is 1. The minimum atomic E-state index is -0.107. The number of aryl methyl sites for hydroxylation is 1. The van der Waals surface area contributed by atoms with Crippen molar-refractivity contribution < 1.29 is 4.79 Å². The van der Waals surface area contributed by atoms with E-state index in [2.05, 4.69) is 16.7 Å². The maximum Gasteiger partial charge on any atom is 0.251 e. The number of hydrogen-bond acceptors (Lipinski definition) is 4. The van der Waals surface area contributed by atoms with Gasteiger partial charge in [0, 0.05) is 23.5 Å². The number of carbonyl (C=O) groups excluding carboxylic acids is 1. The fourth-order valence-electron chi connectivity index (χ4n) is 1.72. The largest absolute Gasteiger partial charge is 0.313 e. The van der Waals surface area contributed by atoms with Crippen LogP contribution in [0.3, 0.4) is 0 Å². The van der Waals surface area contributed by atoms with Crippen LogP contribution in [0.25, 0.3) is 0 Å². The van der Waals surface area contributed by atoms with E-state index in [-0.39, 0.29) is 5.91 Å². The molecule has 0 saturated carbocycles. The summed E-state index contributed by atoms with van der Waals surface area (Å²) in [4.78, 5) is 13.1. The van der Waals surface area contributed by atoms with E-state index in [1.807, 2.05) is 20.8 Å². The summed E-state index contributed by atoms with van der Waals surface area (Å²) in [5.41, 5.74) is 3.42. The lowest BCUT2D eigenvalue weighted by atomic mass is 10.0. The third-order valence-electron chi connectivity index (χ3n) is 3.27. The smallest absolute Gasteiger partial charge is 0.251 e. The minimum Gasteiger partial charge on any atom is -0.313 e. The molecule has 18 heavy (non-hydrogen) atoms. The molecular formula is C13H15N3OS. The van der Waals surface area contributed by atoms with Gasteiger partial charge in [-0.25, -0.2) is 0 Å². The number of amides is 1. The van der Waals surface area contributed by atoms with E-state index >= 15 is 0 Å². The Bertz CT molecular complexity index is 572. The normalized spacial score (nSPS) is 13.8. The Labute approximate surface area is 110 Å². The fraction of sp³-hybridized carbons (Fsp3) is 0.385. The number of nitrogens with one attached hydrogen (secondary N) is 2. The van der Waals surface area contributed by atoms with Crippen LogP contribution in [0.1, 0.15) is 22.9 Å². The molecule has 2 rings (SSSR count). The molecule has 2 heterocycles. The third-order valence-corrected chi connectivity index (χ3v) is 4.39. The van der Waals surface area contributed by atoms with E-state index in [0.717, 1.165) is 34.7 Å². The molecule has 0 aliphatic carbocycles. The zero-order valence-electron chi connectivity index (χ0n) is 10.7. The zero-order valence-corrected chi connectivity index (χ0v) is 11.5. The second kappa shape index (κ2) is 4.92. The molecule has 0 spiro atoms. The van der Waals surface area contributed by atoms with Crippen molar-refractivity contribution in [2.75, 3.05) is 18.4 Å². The Morgan fingerprint density at radius 2 is 2.11 bits per heavy atom. The molecule has 0 unspecified atom stereocenters. The summed E-state index contributed by atoms with van der Waals surface area (Å²) < 4.78 is 0. The quantitative estimate of drug-likeness (QED) is 0.801. The first-order valence-corrected chi connectivity index (χ1v) is 6.57. The van der Waals surface area contributed by atoms with Crippen LogP contribution in [0.2, 0.25) is 0 Å². The van der Waals surface area contributed by atoms with Crippen molar-refractivity contribution in [3.63, 3.8) is 0 Å². The van der Waals surface area contributed by atoms with Crippen LogP contribution in [0.5, 0.6) is 0 Å². The lowest BCUT2D eigenvalue weighted by molar-refractivity contribution is -0.112. The maximum atomic E-state index is 12.0. The van der Waals surface area contributed by atoms with Crippen LogP contribution in [-0.4, -0.2) is 19.0 Å². The number of nitriles is 1. The molecule has 1 aliphatic heterocycles. The van der Waals surface area contributed by atoms with Crippen molar-refractivity contribution in [3.05, 3.63) is 27.2 Å². The number of carbonyl (C=O) groups is 1. The molecule has 0 aromatic carbocycles. The number of anilines is 1. The van der Waals surface area contributed by atoms with Gasteiger partial charge in [0.2, 0.25) is 0 Å². The molecule has 1 aliphatic rings. The van der Waals surface area contributed by atoms with Gasteiger partial charge in [-0.05, 0) is 31.9 Å². The van der Waals surface area contributed by atoms with Crippen LogP contribution >= 0.6 is 11.3 Å². The zero-order chi connectivity index (χ0) is 13.3. The number of hydrogen-bond donors (Lipinski definition) is 2. The average molecular weight is 261 g/mol. The van der Waals surface area contributed by atoms with Gasteiger partial charge in [-0.2, -0.15) is 5.26 Å².